The van der Waals surface area contributed by atoms with Crippen LogP contribution in [0.3, 0.4) is 0 Å². The van der Waals surface area contributed by atoms with Gasteiger partial charge in [0.05, 0.1) is 6.61 Å². The molecule has 0 aromatic carbocycles. The highest BCUT2D eigenvalue weighted by atomic mass is 16.6. The van der Waals surface area contributed by atoms with Gasteiger partial charge in [-0.15, -0.1) is 11.8 Å². The number of unbranched alkanes of at least 4 members (excludes halogenated alkanes) is 11. The highest BCUT2D eigenvalue weighted by molar-refractivity contribution is 5.69. The van der Waals surface area contributed by atoms with Gasteiger partial charge in [0.15, 0.2) is 0 Å². The second-order valence-corrected chi connectivity index (χ2v) is 6.78. The van der Waals surface area contributed by atoms with Crippen molar-refractivity contribution in [1.29, 1.82) is 0 Å². The topological polar surface area (TPSA) is 38.8 Å². The second kappa shape index (κ2) is 15.5. The van der Waals surface area contributed by atoms with Gasteiger partial charge in [-0.25, -0.2) is 0 Å². The lowest BCUT2D eigenvalue weighted by Gasteiger charge is -2.02. The minimum absolute atomic E-state index is 0.0777. The predicted molar refractivity (Wildman–Crippen MR) is 98.8 cm³/mol. The molecule has 3 heteroatoms. The third kappa shape index (κ3) is 14.6. The van der Waals surface area contributed by atoms with E-state index in [1.165, 1.54) is 57.8 Å². The van der Waals surface area contributed by atoms with Gasteiger partial charge in [0.1, 0.15) is 12.7 Å². The monoisotopic (exact) mass is 336 g/mol. The Hall–Kier alpha value is -1.01. The summed E-state index contributed by atoms with van der Waals surface area (Å²) in [5.41, 5.74) is 0. The molecule has 0 aromatic rings. The molecule has 1 aliphatic rings. The van der Waals surface area contributed by atoms with Gasteiger partial charge < -0.3 is 9.47 Å². The van der Waals surface area contributed by atoms with Gasteiger partial charge in [-0.1, -0.05) is 58.3 Å². The molecule has 0 amide bonds. The second-order valence-electron chi connectivity index (χ2n) is 6.78. The molecule has 0 N–H and O–H groups in total. The molecule has 0 aliphatic carbocycles. The van der Waals surface area contributed by atoms with Crippen molar-refractivity contribution in [3.8, 4) is 11.8 Å². The molecule has 1 saturated heterocycles. The Bertz CT molecular complexity index is 363. The Kier molecular flexibility index (Phi) is 13.6. The van der Waals surface area contributed by atoms with Crippen molar-refractivity contribution >= 4 is 5.97 Å². The smallest absolute Gasteiger partial charge is 0.305 e. The molecule has 3 nitrogen and oxygen atoms in total. The molecular weight excluding hydrogens is 300 g/mol. The van der Waals surface area contributed by atoms with Crippen LogP contribution in [0.5, 0.6) is 0 Å². The Balaban J connectivity index is 1.73. The third-order valence-corrected chi connectivity index (χ3v) is 4.30. The van der Waals surface area contributed by atoms with E-state index in [-0.39, 0.29) is 12.1 Å². The quantitative estimate of drug-likeness (QED) is 0.174. The van der Waals surface area contributed by atoms with Gasteiger partial charge in [0.2, 0.25) is 0 Å². The molecule has 0 aromatic heterocycles. The number of carbonyl (C=O) groups is 1. The SMILES string of the molecule is CCCCCCCCC#CCCCCCCCC(=O)OCC1CO1. The van der Waals surface area contributed by atoms with Crippen LogP contribution in [0.25, 0.3) is 0 Å². The number of esters is 1. The van der Waals surface area contributed by atoms with E-state index < -0.39 is 0 Å². The molecule has 0 radical (unpaired) electrons. The van der Waals surface area contributed by atoms with Crippen molar-refractivity contribution in [3.63, 3.8) is 0 Å². The Morgan fingerprint density at radius 3 is 2.04 bits per heavy atom. The van der Waals surface area contributed by atoms with E-state index >= 15 is 0 Å². The maximum absolute atomic E-state index is 11.4. The summed E-state index contributed by atoms with van der Waals surface area (Å²) in [6.45, 7) is 3.44. The third-order valence-electron chi connectivity index (χ3n) is 4.30. The molecule has 1 fully saturated rings. The van der Waals surface area contributed by atoms with Gasteiger partial charge in [-0.3, -0.25) is 4.79 Å². The van der Waals surface area contributed by atoms with Crippen molar-refractivity contribution in [2.24, 2.45) is 0 Å². The molecule has 0 spiro atoms. The average Bonchev–Trinajstić information content (AvgIpc) is 3.41. The summed E-state index contributed by atoms with van der Waals surface area (Å²) in [5.74, 6) is 6.52. The Morgan fingerprint density at radius 1 is 0.917 bits per heavy atom. The van der Waals surface area contributed by atoms with E-state index in [9.17, 15) is 4.79 Å². The zero-order valence-corrected chi connectivity index (χ0v) is 15.6. The van der Waals surface area contributed by atoms with Crippen LogP contribution in [0.15, 0.2) is 0 Å². The van der Waals surface area contributed by atoms with Gasteiger partial charge in [-0.2, -0.15) is 0 Å². The summed E-state index contributed by atoms with van der Waals surface area (Å²) in [6, 6.07) is 0. The van der Waals surface area contributed by atoms with Crippen molar-refractivity contribution in [1.82, 2.24) is 0 Å². The molecule has 24 heavy (non-hydrogen) atoms. The fourth-order valence-corrected chi connectivity index (χ4v) is 2.61. The van der Waals surface area contributed by atoms with Crippen LogP contribution >= 0.6 is 0 Å². The van der Waals surface area contributed by atoms with E-state index in [1.54, 1.807) is 0 Å². The first-order valence-electron chi connectivity index (χ1n) is 10.1. The zero-order chi connectivity index (χ0) is 17.3. The maximum Gasteiger partial charge on any atom is 0.305 e. The molecule has 1 rings (SSSR count). The number of ether oxygens (including phenoxy) is 2. The van der Waals surface area contributed by atoms with Gasteiger partial charge >= 0.3 is 5.97 Å². The largest absolute Gasteiger partial charge is 0.463 e. The fraction of sp³-hybridized carbons (Fsp3) is 0.857. The first kappa shape index (κ1) is 21.0. The molecule has 0 bridgehead atoms. The number of hydrogen-bond donors (Lipinski definition) is 0. The van der Waals surface area contributed by atoms with E-state index in [0.717, 1.165) is 32.3 Å². The first-order valence-corrected chi connectivity index (χ1v) is 10.1. The normalized spacial score (nSPS) is 15.6. The van der Waals surface area contributed by atoms with E-state index in [0.29, 0.717) is 13.0 Å². The summed E-state index contributed by atoms with van der Waals surface area (Å²) in [6.07, 6.45) is 16.5. The van der Waals surface area contributed by atoms with Crippen molar-refractivity contribution < 1.29 is 14.3 Å². The molecule has 1 heterocycles. The summed E-state index contributed by atoms with van der Waals surface area (Å²) in [5, 5.41) is 0. The number of epoxide rings is 1. The summed E-state index contributed by atoms with van der Waals surface area (Å²) in [4.78, 5) is 11.4. The molecule has 1 aliphatic heterocycles. The van der Waals surface area contributed by atoms with Crippen LogP contribution in [0, 0.1) is 11.8 Å². The van der Waals surface area contributed by atoms with Crippen LogP contribution < -0.4 is 0 Å². The van der Waals surface area contributed by atoms with Gasteiger partial charge in [0.25, 0.3) is 0 Å². The number of carbonyl (C=O) groups excluding carboxylic acids is 1. The summed E-state index contributed by atoms with van der Waals surface area (Å²) >= 11 is 0. The van der Waals surface area contributed by atoms with Crippen LogP contribution in [0.2, 0.25) is 0 Å². The van der Waals surface area contributed by atoms with E-state index in [4.69, 9.17) is 9.47 Å². The molecular formula is C21H36O3. The molecule has 138 valence electrons. The molecule has 1 unspecified atom stereocenters. The average molecular weight is 337 g/mol. The van der Waals surface area contributed by atoms with Gasteiger partial charge in [0, 0.05) is 19.3 Å². The van der Waals surface area contributed by atoms with Crippen LogP contribution in [0.1, 0.15) is 96.8 Å². The zero-order valence-electron chi connectivity index (χ0n) is 15.6. The standard InChI is InChI=1S/C21H36O3/c1-2-3-4-5-6-7-8-9-10-11-12-13-14-15-16-17-21(22)24-19-20-18-23-20/h20H,2-8,11-19H2,1H3. The van der Waals surface area contributed by atoms with Crippen molar-refractivity contribution in [2.75, 3.05) is 13.2 Å². The van der Waals surface area contributed by atoms with Crippen LogP contribution in [0.4, 0.5) is 0 Å². The first-order chi connectivity index (χ1) is 11.8. The van der Waals surface area contributed by atoms with Crippen molar-refractivity contribution in [3.05, 3.63) is 0 Å². The highest BCUT2D eigenvalue weighted by Gasteiger charge is 2.23. The minimum atomic E-state index is -0.0777. The summed E-state index contributed by atoms with van der Waals surface area (Å²) < 4.78 is 10.1. The van der Waals surface area contributed by atoms with Gasteiger partial charge in [-0.05, 0) is 19.3 Å². The Morgan fingerprint density at radius 2 is 1.46 bits per heavy atom. The fourth-order valence-electron chi connectivity index (χ4n) is 2.61. The predicted octanol–water partition coefficient (Wildman–Crippen LogP) is 5.41. The van der Waals surface area contributed by atoms with Crippen molar-refractivity contribution in [2.45, 2.75) is 103 Å². The number of hydrogen-bond acceptors (Lipinski definition) is 3. The highest BCUT2D eigenvalue weighted by Crippen LogP contribution is 2.11. The lowest BCUT2D eigenvalue weighted by atomic mass is 10.1. The van der Waals surface area contributed by atoms with E-state index in [1.807, 2.05) is 0 Å². The maximum atomic E-state index is 11.4. The number of rotatable bonds is 15. The van der Waals surface area contributed by atoms with Crippen LogP contribution in [-0.2, 0) is 14.3 Å². The Labute approximate surface area is 148 Å². The lowest BCUT2D eigenvalue weighted by Crippen LogP contribution is -2.09. The minimum Gasteiger partial charge on any atom is -0.463 e. The molecule has 1 atom stereocenters. The van der Waals surface area contributed by atoms with Crippen LogP contribution in [-0.4, -0.2) is 25.3 Å². The summed E-state index contributed by atoms with van der Waals surface area (Å²) in [7, 11) is 0. The molecule has 0 saturated carbocycles. The lowest BCUT2D eigenvalue weighted by molar-refractivity contribution is -0.144. The van der Waals surface area contributed by atoms with E-state index in [2.05, 4.69) is 18.8 Å².